The summed E-state index contributed by atoms with van der Waals surface area (Å²) >= 11 is 0. The number of hydrogen-bond acceptors (Lipinski definition) is 8. The van der Waals surface area contributed by atoms with Crippen molar-refractivity contribution < 1.29 is 28.8 Å². The second-order valence-electron chi connectivity index (χ2n) is 8.21. The van der Waals surface area contributed by atoms with Gasteiger partial charge in [-0.15, -0.1) is 0 Å². The van der Waals surface area contributed by atoms with Crippen molar-refractivity contribution in [3.05, 3.63) is 82.9 Å². The SMILES string of the molecule is CCOc1cccc(C2CC(c3ccc4c(c3)OCO4)=NC(c3ccc(C(=O)OC)cc3)N2)c1O. The molecule has 2 aliphatic rings. The van der Waals surface area contributed by atoms with Gasteiger partial charge >= 0.3 is 5.97 Å². The van der Waals surface area contributed by atoms with Crippen LogP contribution in [0.25, 0.3) is 0 Å². The first-order valence-corrected chi connectivity index (χ1v) is 11.4. The third-order valence-electron chi connectivity index (χ3n) is 6.10. The van der Waals surface area contributed by atoms with Crippen molar-refractivity contribution in [2.24, 2.45) is 4.99 Å². The molecule has 180 valence electrons. The highest BCUT2D eigenvalue weighted by atomic mass is 16.7. The molecule has 0 spiro atoms. The minimum atomic E-state index is -0.406. The number of esters is 1. The Morgan fingerprint density at radius 3 is 2.69 bits per heavy atom. The van der Waals surface area contributed by atoms with E-state index in [-0.39, 0.29) is 18.6 Å². The molecule has 2 atom stereocenters. The standard InChI is InChI=1S/C27H26N2O6/c1-3-33-23-6-4-5-19(25(23)30)21-14-20(18-11-12-22-24(13-18)35-15-34-22)28-26(29-21)16-7-9-17(10-8-16)27(31)32-2/h4-13,21,26,29-30H,3,14-15H2,1-2H3. The number of phenolic OH excluding ortho intramolecular Hbond substituents is 1. The normalized spacial score (nSPS) is 18.6. The van der Waals surface area contributed by atoms with E-state index in [2.05, 4.69) is 5.32 Å². The lowest BCUT2D eigenvalue weighted by atomic mass is 9.93. The Morgan fingerprint density at radius 1 is 1.11 bits per heavy atom. The average Bonchev–Trinajstić information content (AvgIpc) is 3.37. The number of para-hydroxylation sites is 1. The number of benzene rings is 3. The van der Waals surface area contributed by atoms with E-state index in [1.807, 2.05) is 49.4 Å². The van der Waals surface area contributed by atoms with Gasteiger partial charge in [0.1, 0.15) is 6.17 Å². The maximum absolute atomic E-state index is 11.9. The zero-order chi connectivity index (χ0) is 24.4. The van der Waals surface area contributed by atoms with Gasteiger partial charge in [-0.2, -0.15) is 0 Å². The van der Waals surface area contributed by atoms with Crippen molar-refractivity contribution >= 4 is 11.7 Å². The van der Waals surface area contributed by atoms with Crippen LogP contribution < -0.4 is 19.5 Å². The van der Waals surface area contributed by atoms with Gasteiger partial charge in [0.15, 0.2) is 23.0 Å². The van der Waals surface area contributed by atoms with E-state index in [4.69, 9.17) is 23.9 Å². The molecular formula is C27H26N2O6. The molecule has 0 aliphatic carbocycles. The van der Waals surface area contributed by atoms with Crippen LogP contribution >= 0.6 is 0 Å². The Balaban J connectivity index is 1.53. The van der Waals surface area contributed by atoms with Crippen LogP contribution in [-0.4, -0.2) is 37.3 Å². The summed E-state index contributed by atoms with van der Waals surface area (Å²) in [6, 6.07) is 18.2. The second kappa shape index (κ2) is 9.68. The summed E-state index contributed by atoms with van der Waals surface area (Å²) in [7, 11) is 1.36. The number of methoxy groups -OCH3 is 1. The molecule has 0 aromatic heterocycles. The lowest BCUT2D eigenvalue weighted by Crippen LogP contribution is -2.33. The number of nitrogens with zero attached hydrogens (tertiary/aromatic N) is 1. The third kappa shape index (κ3) is 4.52. The molecule has 8 nitrogen and oxygen atoms in total. The Labute approximate surface area is 203 Å². The number of hydrogen-bond donors (Lipinski definition) is 2. The summed E-state index contributed by atoms with van der Waals surface area (Å²) in [6.45, 7) is 2.53. The van der Waals surface area contributed by atoms with Crippen LogP contribution in [0.5, 0.6) is 23.0 Å². The van der Waals surface area contributed by atoms with Gasteiger partial charge in [-0.1, -0.05) is 24.3 Å². The Bertz CT molecular complexity index is 1270. The van der Waals surface area contributed by atoms with Crippen molar-refractivity contribution in [1.29, 1.82) is 0 Å². The largest absolute Gasteiger partial charge is 0.504 e. The summed E-state index contributed by atoms with van der Waals surface area (Å²) < 4.78 is 21.4. The van der Waals surface area contributed by atoms with E-state index in [0.717, 1.165) is 22.4 Å². The molecule has 0 amide bonds. The third-order valence-corrected chi connectivity index (χ3v) is 6.10. The van der Waals surface area contributed by atoms with E-state index >= 15 is 0 Å². The highest BCUT2D eigenvalue weighted by Gasteiger charge is 2.29. The number of carbonyl (C=O) groups excluding carboxylic acids is 1. The first-order valence-electron chi connectivity index (χ1n) is 11.4. The molecule has 35 heavy (non-hydrogen) atoms. The minimum absolute atomic E-state index is 0.110. The van der Waals surface area contributed by atoms with Crippen LogP contribution in [0.4, 0.5) is 0 Å². The highest BCUT2D eigenvalue weighted by molar-refractivity contribution is 6.02. The van der Waals surface area contributed by atoms with Crippen LogP contribution in [0.1, 0.15) is 52.6 Å². The van der Waals surface area contributed by atoms with Gasteiger partial charge in [-0.05, 0) is 54.4 Å². The topological polar surface area (TPSA) is 98.6 Å². The van der Waals surface area contributed by atoms with Gasteiger partial charge in [-0.3, -0.25) is 10.3 Å². The summed E-state index contributed by atoms with van der Waals surface area (Å²) in [5.41, 5.74) is 3.83. The van der Waals surface area contributed by atoms with Crippen molar-refractivity contribution in [3.63, 3.8) is 0 Å². The van der Waals surface area contributed by atoms with Crippen molar-refractivity contribution in [2.45, 2.75) is 25.6 Å². The van der Waals surface area contributed by atoms with E-state index in [1.54, 1.807) is 18.2 Å². The summed E-state index contributed by atoms with van der Waals surface area (Å²) in [6.07, 6.45) is 0.135. The second-order valence-corrected chi connectivity index (χ2v) is 8.21. The molecule has 2 aliphatic heterocycles. The number of rotatable bonds is 6. The molecule has 0 saturated heterocycles. The molecular weight excluding hydrogens is 448 g/mol. The summed E-state index contributed by atoms with van der Waals surface area (Å²) in [4.78, 5) is 16.9. The minimum Gasteiger partial charge on any atom is -0.504 e. The van der Waals surface area contributed by atoms with Gasteiger partial charge in [0.25, 0.3) is 0 Å². The maximum Gasteiger partial charge on any atom is 0.337 e. The lowest BCUT2D eigenvalue weighted by molar-refractivity contribution is 0.0600. The fraction of sp³-hybridized carbons (Fsp3) is 0.259. The lowest BCUT2D eigenvalue weighted by Gasteiger charge is -2.31. The Kier molecular flexibility index (Phi) is 6.29. The molecule has 0 radical (unpaired) electrons. The predicted octanol–water partition coefficient (Wildman–Crippen LogP) is 4.53. The quantitative estimate of drug-likeness (QED) is 0.507. The van der Waals surface area contributed by atoms with Gasteiger partial charge in [0, 0.05) is 23.7 Å². The number of aromatic hydroxyl groups is 1. The van der Waals surface area contributed by atoms with Crippen LogP contribution in [-0.2, 0) is 4.74 Å². The molecule has 2 unspecified atom stereocenters. The van der Waals surface area contributed by atoms with Gasteiger partial charge in [0.2, 0.25) is 6.79 Å². The Hall–Kier alpha value is -4.04. The molecule has 2 heterocycles. The van der Waals surface area contributed by atoms with E-state index in [9.17, 15) is 9.90 Å². The maximum atomic E-state index is 11.9. The fourth-order valence-corrected chi connectivity index (χ4v) is 4.34. The van der Waals surface area contributed by atoms with Crippen LogP contribution in [0.15, 0.2) is 65.7 Å². The zero-order valence-corrected chi connectivity index (χ0v) is 19.5. The molecule has 3 aromatic rings. The number of ether oxygens (including phenoxy) is 4. The molecule has 5 rings (SSSR count). The average molecular weight is 475 g/mol. The van der Waals surface area contributed by atoms with E-state index in [0.29, 0.717) is 35.8 Å². The van der Waals surface area contributed by atoms with E-state index in [1.165, 1.54) is 7.11 Å². The first kappa shape index (κ1) is 22.7. The highest BCUT2D eigenvalue weighted by Crippen LogP contribution is 2.40. The summed E-state index contributed by atoms with van der Waals surface area (Å²) in [5.74, 6) is 1.54. The Morgan fingerprint density at radius 2 is 1.91 bits per heavy atom. The molecule has 0 fully saturated rings. The van der Waals surface area contributed by atoms with E-state index < -0.39 is 12.1 Å². The van der Waals surface area contributed by atoms with Crippen molar-refractivity contribution in [2.75, 3.05) is 20.5 Å². The molecule has 2 N–H and O–H groups in total. The van der Waals surface area contributed by atoms with Crippen molar-refractivity contribution in [3.8, 4) is 23.0 Å². The van der Waals surface area contributed by atoms with Gasteiger partial charge in [0.05, 0.1) is 19.3 Å². The first-order chi connectivity index (χ1) is 17.1. The molecule has 0 saturated carbocycles. The van der Waals surface area contributed by atoms with Crippen molar-refractivity contribution in [1.82, 2.24) is 5.32 Å². The monoisotopic (exact) mass is 474 g/mol. The molecule has 8 heteroatoms. The number of aliphatic imine (C=N–C) groups is 1. The van der Waals surface area contributed by atoms with Crippen LogP contribution in [0.3, 0.4) is 0 Å². The number of nitrogens with one attached hydrogen (secondary N) is 1. The smallest absolute Gasteiger partial charge is 0.337 e. The van der Waals surface area contributed by atoms with Gasteiger partial charge in [-0.25, -0.2) is 4.79 Å². The molecule has 0 bridgehead atoms. The molecule has 3 aromatic carbocycles. The zero-order valence-electron chi connectivity index (χ0n) is 19.5. The number of phenols is 1. The predicted molar refractivity (Wildman–Crippen MR) is 129 cm³/mol. The van der Waals surface area contributed by atoms with Crippen LogP contribution in [0.2, 0.25) is 0 Å². The van der Waals surface area contributed by atoms with Crippen LogP contribution in [0, 0.1) is 0 Å². The summed E-state index contributed by atoms with van der Waals surface area (Å²) in [5, 5.41) is 14.5. The fourth-order valence-electron chi connectivity index (χ4n) is 4.34. The van der Waals surface area contributed by atoms with Gasteiger partial charge < -0.3 is 24.1 Å². The number of carbonyl (C=O) groups is 1. The number of fused-ring (bicyclic) bond motifs is 1.